The fourth-order valence-electron chi connectivity index (χ4n) is 1.71. The van der Waals surface area contributed by atoms with E-state index in [0.29, 0.717) is 0 Å². The molecule has 0 atom stereocenters. The average Bonchev–Trinajstić information content (AvgIpc) is 2.83. The van der Waals surface area contributed by atoms with E-state index in [2.05, 4.69) is 9.36 Å². The number of imidazole rings is 1. The second-order valence-electron chi connectivity index (χ2n) is 3.65. The summed E-state index contributed by atoms with van der Waals surface area (Å²) in [4.78, 5) is 4.30. The number of nitrogens with zero attached hydrogens (tertiary/aromatic N) is 3. The van der Waals surface area contributed by atoms with Crippen molar-refractivity contribution in [3.05, 3.63) is 30.6 Å². The number of rotatable bonds is 1. The lowest BCUT2D eigenvalue weighted by atomic mass is 10.2. The average molecular weight is 230 g/mol. The Kier molecular flexibility index (Phi) is 1.94. The Bertz CT molecular complexity index is 653. The molecule has 3 rings (SSSR count). The highest BCUT2D eigenvalue weighted by molar-refractivity contribution is 7.13. The number of fused-ring (bicyclic) bond motifs is 1. The molecule has 0 fully saturated rings. The Morgan fingerprint density at radius 3 is 3.00 bits per heavy atom. The smallest absolute Gasteiger partial charge is 0.160 e. The SMILES string of the molecule is Cn1ccnc1-c1nsc2ccc(N)cc12. The Balaban J connectivity index is 2.32. The second kappa shape index (κ2) is 3.31. The van der Waals surface area contributed by atoms with Gasteiger partial charge in [0.05, 0.1) is 4.70 Å². The summed E-state index contributed by atoms with van der Waals surface area (Å²) in [6.07, 6.45) is 3.68. The molecule has 16 heavy (non-hydrogen) atoms. The van der Waals surface area contributed by atoms with E-state index in [0.717, 1.165) is 27.3 Å². The molecule has 2 aromatic heterocycles. The summed E-state index contributed by atoms with van der Waals surface area (Å²) < 4.78 is 7.53. The van der Waals surface area contributed by atoms with Gasteiger partial charge >= 0.3 is 0 Å². The summed E-state index contributed by atoms with van der Waals surface area (Å²) in [6.45, 7) is 0. The third kappa shape index (κ3) is 1.29. The van der Waals surface area contributed by atoms with Gasteiger partial charge in [-0.25, -0.2) is 4.98 Å². The summed E-state index contributed by atoms with van der Waals surface area (Å²) in [6, 6.07) is 5.83. The molecule has 0 bridgehead atoms. The number of anilines is 1. The summed E-state index contributed by atoms with van der Waals surface area (Å²) in [5.41, 5.74) is 7.45. The molecular formula is C11H10N4S. The number of hydrogen-bond acceptors (Lipinski definition) is 4. The van der Waals surface area contributed by atoms with Gasteiger partial charge in [-0.1, -0.05) is 0 Å². The number of nitrogen functional groups attached to an aromatic ring is 1. The van der Waals surface area contributed by atoms with E-state index in [1.807, 2.05) is 36.0 Å². The maximum Gasteiger partial charge on any atom is 0.160 e. The molecule has 2 N–H and O–H groups in total. The third-order valence-corrected chi connectivity index (χ3v) is 3.35. The molecule has 0 radical (unpaired) electrons. The fourth-order valence-corrected chi connectivity index (χ4v) is 2.46. The predicted octanol–water partition coefficient (Wildman–Crippen LogP) is 2.28. The molecule has 80 valence electrons. The topological polar surface area (TPSA) is 56.7 Å². The van der Waals surface area contributed by atoms with Gasteiger partial charge in [0.2, 0.25) is 0 Å². The van der Waals surface area contributed by atoms with Gasteiger partial charge < -0.3 is 10.3 Å². The van der Waals surface area contributed by atoms with Gasteiger partial charge in [0.25, 0.3) is 0 Å². The van der Waals surface area contributed by atoms with Crippen LogP contribution in [0.15, 0.2) is 30.6 Å². The Morgan fingerprint density at radius 2 is 2.25 bits per heavy atom. The molecule has 0 aliphatic carbocycles. The van der Waals surface area contributed by atoms with Crippen molar-refractivity contribution in [2.45, 2.75) is 0 Å². The van der Waals surface area contributed by atoms with E-state index < -0.39 is 0 Å². The second-order valence-corrected chi connectivity index (χ2v) is 4.45. The van der Waals surface area contributed by atoms with Gasteiger partial charge in [-0.2, -0.15) is 4.37 Å². The monoisotopic (exact) mass is 230 g/mol. The Hall–Kier alpha value is -1.88. The molecule has 5 heteroatoms. The highest BCUT2D eigenvalue weighted by Crippen LogP contribution is 2.30. The minimum atomic E-state index is 0.753. The fraction of sp³-hybridized carbons (Fsp3) is 0.0909. The van der Waals surface area contributed by atoms with Gasteiger partial charge in [-0.05, 0) is 29.7 Å². The van der Waals surface area contributed by atoms with Crippen molar-refractivity contribution in [3.63, 3.8) is 0 Å². The van der Waals surface area contributed by atoms with Crippen LogP contribution in [0.1, 0.15) is 0 Å². The van der Waals surface area contributed by atoms with Crippen LogP contribution in [0.4, 0.5) is 5.69 Å². The first-order chi connectivity index (χ1) is 7.75. The number of aryl methyl sites for hydroxylation is 1. The van der Waals surface area contributed by atoms with Crippen molar-refractivity contribution in [2.75, 3.05) is 5.73 Å². The summed E-state index contributed by atoms with van der Waals surface area (Å²) >= 11 is 1.47. The lowest BCUT2D eigenvalue weighted by Gasteiger charge is -1.99. The molecule has 0 unspecified atom stereocenters. The molecule has 4 nitrogen and oxygen atoms in total. The Labute approximate surface area is 96.5 Å². The van der Waals surface area contributed by atoms with Crippen LogP contribution >= 0.6 is 11.5 Å². The van der Waals surface area contributed by atoms with E-state index in [9.17, 15) is 0 Å². The van der Waals surface area contributed by atoms with E-state index >= 15 is 0 Å². The largest absolute Gasteiger partial charge is 0.399 e. The Morgan fingerprint density at radius 1 is 1.38 bits per heavy atom. The molecule has 0 aliphatic rings. The zero-order chi connectivity index (χ0) is 11.1. The molecule has 3 aromatic rings. The first-order valence-electron chi connectivity index (χ1n) is 4.88. The van der Waals surface area contributed by atoms with Crippen LogP contribution in [-0.2, 0) is 7.05 Å². The summed E-state index contributed by atoms with van der Waals surface area (Å²) in [5.74, 6) is 0.872. The lowest BCUT2D eigenvalue weighted by molar-refractivity contribution is 0.922. The van der Waals surface area contributed by atoms with Crippen LogP contribution in [-0.4, -0.2) is 13.9 Å². The zero-order valence-electron chi connectivity index (χ0n) is 8.71. The molecule has 2 heterocycles. The van der Waals surface area contributed by atoms with Gasteiger partial charge in [0.1, 0.15) is 5.69 Å². The van der Waals surface area contributed by atoms with E-state index in [4.69, 9.17) is 5.73 Å². The highest BCUT2D eigenvalue weighted by Gasteiger charge is 2.12. The molecule has 0 aliphatic heterocycles. The van der Waals surface area contributed by atoms with E-state index in [-0.39, 0.29) is 0 Å². The lowest BCUT2D eigenvalue weighted by Crippen LogP contribution is -1.91. The molecule has 0 saturated heterocycles. The van der Waals surface area contributed by atoms with Crippen molar-refractivity contribution in [3.8, 4) is 11.5 Å². The van der Waals surface area contributed by atoms with Gasteiger partial charge in [-0.3, -0.25) is 0 Å². The number of aromatic nitrogens is 3. The number of benzene rings is 1. The van der Waals surface area contributed by atoms with Crippen molar-refractivity contribution >= 4 is 27.3 Å². The molecular weight excluding hydrogens is 220 g/mol. The normalized spacial score (nSPS) is 11.1. The van der Waals surface area contributed by atoms with Crippen molar-refractivity contribution in [2.24, 2.45) is 7.05 Å². The molecule has 0 saturated carbocycles. The number of nitrogens with two attached hydrogens (primary N) is 1. The van der Waals surface area contributed by atoms with Crippen LogP contribution in [0.2, 0.25) is 0 Å². The summed E-state index contributed by atoms with van der Waals surface area (Å²) in [5, 5.41) is 1.07. The zero-order valence-corrected chi connectivity index (χ0v) is 9.53. The minimum absolute atomic E-state index is 0.753. The van der Waals surface area contributed by atoms with Crippen molar-refractivity contribution in [1.82, 2.24) is 13.9 Å². The van der Waals surface area contributed by atoms with Gasteiger partial charge in [0, 0.05) is 30.5 Å². The van der Waals surface area contributed by atoms with Crippen LogP contribution in [0, 0.1) is 0 Å². The first-order valence-corrected chi connectivity index (χ1v) is 5.65. The van der Waals surface area contributed by atoms with E-state index in [1.165, 1.54) is 11.5 Å². The highest BCUT2D eigenvalue weighted by atomic mass is 32.1. The van der Waals surface area contributed by atoms with Crippen molar-refractivity contribution in [1.29, 1.82) is 0 Å². The number of hydrogen-bond donors (Lipinski definition) is 1. The molecule has 1 aromatic carbocycles. The van der Waals surface area contributed by atoms with Crippen LogP contribution < -0.4 is 5.73 Å². The van der Waals surface area contributed by atoms with Gasteiger partial charge in [-0.15, -0.1) is 0 Å². The summed E-state index contributed by atoms with van der Waals surface area (Å²) in [7, 11) is 1.96. The van der Waals surface area contributed by atoms with Crippen LogP contribution in [0.25, 0.3) is 21.6 Å². The third-order valence-electron chi connectivity index (χ3n) is 2.53. The van der Waals surface area contributed by atoms with Crippen LogP contribution in [0.5, 0.6) is 0 Å². The van der Waals surface area contributed by atoms with Gasteiger partial charge in [0.15, 0.2) is 5.82 Å². The van der Waals surface area contributed by atoms with Crippen molar-refractivity contribution < 1.29 is 0 Å². The first kappa shape index (κ1) is 9.35. The molecule has 0 spiro atoms. The van der Waals surface area contributed by atoms with E-state index in [1.54, 1.807) is 6.20 Å². The maximum absolute atomic E-state index is 5.79. The standard InChI is InChI=1S/C11H10N4S/c1-15-5-4-13-11(15)10-8-6-7(12)2-3-9(8)16-14-10/h2-6H,12H2,1H3. The minimum Gasteiger partial charge on any atom is -0.399 e. The quantitative estimate of drug-likeness (QED) is 0.652. The van der Waals surface area contributed by atoms with Crippen LogP contribution in [0.3, 0.4) is 0 Å². The predicted molar refractivity (Wildman–Crippen MR) is 66.2 cm³/mol. The molecule has 0 amide bonds. The maximum atomic E-state index is 5.79.